The van der Waals surface area contributed by atoms with Gasteiger partial charge in [-0.2, -0.15) is 0 Å². The van der Waals surface area contributed by atoms with Gasteiger partial charge in [-0.15, -0.1) is 13.2 Å². The molecule has 1 N–H and O–H groups in total. The zero-order valence-corrected chi connectivity index (χ0v) is 12.6. The normalized spacial score (nSPS) is 12.6. The third-order valence-electron chi connectivity index (χ3n) is 3.15. The molecule has 0 aromatic heterocycles. The first-order chi connectivity index (χ1) is 10.7. The Kier molecular flexibility index (Phi) is 4.93. The second-order valence-electron chi connectivity index (χ2n) is 5.18. The summed E-state index contributed by atoms with van der Waals surface area (Å²) < 4.78 is 40.5. The summed E-state index contributed by atoms with van der Waals surface area (Å²) in [7, 11) is 0. The number of hydrogen-bond acceptors (Lipinski definition) is 3. The molecule has 23 heavy (non-hydrogen) atoms. The summed E-state index contributed by atoms with van der Waals surface area (Å²) >= 11 is 0. The number of rotatable bonds is 5. The monoisotopic (exact) mass is 323 g/mol. The molecule has 1 atom stereocenters. The van der Waals surface area contributed by atoms with Crippen LogP contribution < -0.4 is 10.1 Å². The van der Waals surface area contributed by atoms with Crippen molar-refractivity contribution < 1.29 is 22.7 Å². The molecule has 0 fully saturated rings. The fourth-order valence-corrected chi connectivity index (χ4v) is 2.15. The minimum Gasteiger partial charge on any atom is -0.406 e. The number of benzene rings is 2. The van der Waals surface area contributed by atoms with Crippen LogP contribution in [0, 0.1) is 6.92 Å². The highest BCUT2D eigenvalue weighted by Gasteiger charge is 2.31. The Balaban J connectivity index is 2.11. The van der Waals surface area contributed by atoms with Crippen molar-refractivity contribution in [3.05, 3.63) is 59.7 Å². The van der Waals surface area contributed by atoms with Crippen LogP contribution in [-0.4, -0.2) is 18.2 Å². The summed E-state index contributed by atoms with van der Waals surface area (Å²) in [5.41, 5.74) is 1.96. The van der Waals surface area contributed by atoms with E-state index in [1.807, 2.05) is 31.2 Å². The van der Waals surface area contributed by atoms with E-state index >= 15 is 0 Å². The lowest BCUT2D eigenvalue weighted by Crippen LogP contribution is -2.26. The maximum absolute atomic E-state index is 12.4. The van der Waals surface area contributed by atoms with Gasteiger partial charge in [0.1, 0.15) is 5.75 Å². The Morgan fingerprint density at radius 3 is 2.48 bits per heavy atom. The average Bonchev–Trinajstić information content (AvgIpc) is 2.45. The summed E-state index contributed by atoms with van der Waals surface area (Å²) in [5, 5.41) is 3.04. The van der Waals surface area contributed by atoms with Gasteiger partial charge in [0.25, 0.3) is 0 Å². The molecule has 0 saturated heterocycles. The van der Waals surface area contributed by atoms with Crippen LogP contribution in [-0.2, 0) is 0 Å². The van der Waals surface area contributed by atoms with E-state index in [2.05, 4.69) is 10.1 Å². The number of ketones is 1. The number of halogens is 3. The number of Topliss-reactive ketones (excluding diaryl/α,β-unsaturated/α-hetero) is 1. The molecule has 122 valence electrons. The van der Waals surface area contributed by atoms with Gasteiger partial charge >= 0.3 is 6.36 Å². The Morgan fingerprint density at radius 2 is 1.83 bits per heavy atom. The van der Waals surface area contributed by atoms with Crippen LogP contribution in [0.1, 0.15) is 22.8 Å². The molecule has 0 radical (unpaired) electrons. The smallest absolute Gasteiger partial charge is 0.406 e. The molecule has 1 unspecified atom stereocenters. The van der Waals surface area contributed by atoms with Crippen LogP contribution in [0.15, 0.2) is 48.5 Å². The summed E-state index contributed by atoms with van der Waals surface area (Å²) in [6.07, 6.45) is -4.78. The molecule has 2 aromatic carbocycles. The number of alkyl halides is 3. The van der Waals surface area contributed by atoms with E-state index in [-0.39, 0.29) is 11.3 Å². The summed E-state index contributed by atoms with van der Waals surface area (Å²) in [4.78, 5) is 12.4. The van der Waals surface area contributed by atoms with Crippen molar-refractivity contribution in [1.82, 2.24) is 0 Å². The molecule has 0 aliphatic heterocycles. The Morgan fingerprint density at radius 1 is 1.13 bits per heavy atom. The zero-order chi connectivity index (χ0) is 17.0. The third kappa shape index (κ3) is 5.02. The fourth-order valence-electron chi connectivity index (χ4n) is 2.15. The van der Waals surface area contributed by atoms with E-state index < -0.39 is 18.2 Å². The molecule has 0 bridgehead atoms. The molecule has 0 saturated carbocycles. The van der Waals surface area contributed by atoms with Crippen molar-refractivity contribution >= 4 is 11.5 Å². The van der Waals surface area contributed by atoms with Crippen LogP contribution >= 0.6 is 0 Å². The molecule has 2 aromatic rings. The molecule has 0 aliphatic rings. The minimum absolute atomic E-state index is 0.152. The first kappa shape index (κ1) is 16.9. The molecule has 0 aliphatic carbocycles. The van der Waals surface area contributed by atoms with Gasteiger partial charge in [0.2, 0.25) is 0 Å². The number of aryl methyl sites for hydroxylation is 1. The van der Waals surface area contributed by atoms with E-state index in [4.69, 9.17) is 0 Å². The first-order valence-corrected chi connectivity index (χ1v) is 6.98. The minimum atomic E-state index is -4.78. The summed E-state index contributed by atoms with van der Waals surface area (Å²) in [6.45, 7) is 3.58. The first-order valence-electron chi connectivity index (χ1n) is 6.98. The zero-order valence-electron chi connectivity index (χ0n) is 12.6. The third-order valence-corrected chi connectivity index (χ3v) is 3.15. The number of carbonyl (C=O) groups excluding carboxylic acids is 1. The molecule has 3 nitrogen and oxygen atoms in total. The Hall–Kier alpha value is -2.50. The van der Waals surface area contributed by atoms with Gasteiger partial charge in [-0.05, 0) is 43.7 Å². The van der Waals surface area contributed by atoms with Crippen molar-refractivity contribution in [1.29, 1.82) is 0 Å². The SMILES string of the molecule is Cc1cccc(NC(C)C(=O)c2cccc(OC(F)(F)F)c2)c1. The van der Waals surface area contributed by atoms with Crippen molar-refractivity contribution in [2.45, 2.75) is 26.3 Å². The predicted molar refractivity (Wildman–Crippen MR) is 81.7 cm³/mol. The van der Waals surface area contributed by atoms with E-state index in [0.29, 0.717) is 0 Å². The lowest BCUT2D eigenvalue weighted by atomic mass is 10.0. The Bertz CT molecular complexity index is 698. The van der Waals surface area contributed by atoms with Crippen molar-refractivity contribution in [2.75, 3.05) is 5.32 Å². The highest BCUT2D eigenvalue weighted by atomic mass is 19.4. The second-order valence-corrected chi connectivity index (χ2v) is 5.18. The van der Waals surface area contributed by atoms with Crippen LogP contribution in [0.5, 0.6) is 5.75 Å². The molecular formula is C17H16F3NO2. The highest BCUT2D eigenvalue weighted by Crippen LogP contribution is 2.24. The molecule has 0 heterocycles. The Labute approximate surface area is 132 Å². The fraction of sp³-hybridized carbons (Fsp3) is 0.235. The van der Waals surface area contributed by atoms with Gasteiger partial charge in [-0.1, -0.05) is 24.3 Å². The number of hydrogen-bond donors (Lipinski definition) is 1. The summed E-state index contributed by atoms with van der Waals surface area (Å²) in [5.74, 6) is -0.731. The van der Waals surface area contributed by atoms with E-state index in [1.54, 1.807) is 6.92 Å². The van der Waals surface area contributed by atoms with Crippen LogP contribution in [0.25, 0.3) is 0 Å². The van der Waals surface area contributed by atoms with Gasteiger partial charge in [0.15, 0.2) is 5.78 Å². The van der Waals surface area contributed by atoms with Crippen molar-refractivity contribution in [3.63, 3.8) is 0 Å². The lowest BCUT2D eigenvalue weighted by Gasteiger charge is -2.15. The number of anilines is 1. The van der Waals surface area contributed by atoms with Crippen LogP contribution in [0.4, 0.5) is 18.9 Å². The van der Waals surface area contributed by atoms with Crippen molar-refractivity contribution in [2.24, 2.45) is 0 Å². The maximum atomic E-state index is 12.4. The molecule has 6 heteroatoms. The lowest BCUT2D eigenvalue weighted by molar-refractivity contribution is -0.274. The van der Waals surface area contributed by atoms with Gasteiger partial charge < -0.3 is 10.1 Å². The van der Waals surface area contributed by atoms with Gasteiger partial charge in [0, 0.05) is 11.3 Å². The van der Waals surface area contributed by atoms with Crippen LogP contribution in [0.2, 0.25) is 0 Å². The van der Waals surface area contributed by atoms with Gasteiger partial charge in [0.05, 0.1) is 6.04 Å². The molecule has 0 spiro atoms. The van der Waals surface area contributed by atoms with E-state index in [1.165, 1.54) is 12.1 Å². The number of ether oxygens (including phenoxy) is 1. The maximum Gasteiger partial charge on any atom is 0.573 e. The summed E-state index contributed by atoms with van der Waals surface area (Å²) in [6, 6.07) is 12.0. The standard InChI is InChI=1S/C17H16F3NO2/c1-11-5-3-7-14(9-11)21-12(2)16(22)13-6-4-8-15(10-13)23-17(18,19)20/h3-10,12,21H,1-2H3. The molecule has 2 rings (SSSR count). The van der Waals surface area contributed by atoms with Gasteiger partial charge in [-0.3, -0.25) is 4.79 Å². The average molecular weight is 323 g/mol. The number of nitrogens with one attached hydrogen (secondary N) is 1. The quantitative estimate of drug-likeness (QED) is 0.819. The second kappa shape index (κ2) is 6.73. The molecule has 0 amide bonds. The van der Waals surface area contributed by atoms with Crippen molar-refractivity contribution in [3.8, 4) is 5.75 Å². The molecular weight excluding hydrogens is 307 g/mol. The van der Waals surface area contributed by atoms with Gasteiger partial charge in [-0.25, -0.2) is 0 Å². The topological polar surface area (TPSA) is 38.3 Å². The number of carbonyl (C=O) groups is 1. The van der Waals surface area contributed by atoms with Crippen LogP contribution in [0.3, 0.4) is 0 Å². The largest absolute Gasteiger partial charge is 0.573 e. The van der Waals surface area contributed by atoms with E-state index in [9.17, 15) is 18.0 Å². The van der Waals surface area contributed by atoms with E-state index in [0.717, 1.165) is 23.4 Å². The predicted octanol–water partition coefficient (Wildman–Crippen LogP) is 4.58. The highest BCUT2D eigenvalue weighted by molar-refractivity contribution is 6.01.